The van der Waals surface area contributed by atoms with Gasteiger partial charge in [-0.15, -0.1) is 0 Å². The standard InChI is InChI=1S/C17H25N3O/c1-2-3-13-21-17-7-5-16(6-8-17)14-18-9-4-11-20-12-10-19-15-20/h5-8,10,12,15,18H,2-4,9,11,13-14H2,1H3. The third-order valence-corrected chi connectivity index (χ3v) is 3.35. The van der Waals surface area contributed by atoms with Crippen LogP contribution >= 0.6 is 0 Å². The summed E-state index contributed by atoms with van der Waals surface area (Å²) in [6.45, 7) is 5.90. The van der Waals surface area contributed by atoms with E-state index < -0.39 is 0 Å². The van der Waals surface area contributed by atoms with Gasteiger partial charge in [-0.25, -0.2) is 4.98 Å². The molecule has 4 heteroatoms. The van der Waals surface area contributed by atoms with Crippen LogP contribution in [0.15, 0.2) is 43.0 Å². The van der Waals surface area contributed by atoms with Crippen molar-refractivity contribution in [1.29, 1.82) is 0 Å². The predicted octanol–water partition coefficient (Wildman–Crippen LogP) is 3.24. The number of aromatic nitrogens is 2. The summed E-state index contributed by atoms with van der Waals surface area (Å²) in [5.41, 5.74) is 1.29. The second-order valence-electron chi connectivity index (χ2n) is 5.18. The van der Waals surface area contributed by atoms with Gasteiger partial charge in [0, 0.05) is 25.5 Å². The Morgan fingerprint density at radius 1 is 1.19 bits per heavy atom. The average molecular weight is 287 g/mol. The fraction of sp³-hybridized carbons (Fsp3) is 0.471. The normalized spacial score (nSPS) is 10.7. The molecule has 21 heavy (non-hydrogen) atoms. The lowest BCUT2D eigenvalue weighted by Gasteiger charge is -2.08. The van der Waals surface area contributed by atoms with E-state index in [2.05, 4.69) is 46.1 Å². The number of benzene rings is 1. The van der Waals surface area contributed by atoms with Gasteiger partial charge in [0.1, 0.15) is 5.75 Å². The van der Waals surface area contributed by atoms with Crippen LogP contribution in [0.4, 0.5) is 0 Å². The summed E-state index contributed by atoms with van der Waals surface area (Å²) >= 11 is 0. The van der Waals surface area contributed by atoms with E-state index in [0.717, 1.165) is 44.8 Å². The van der Waals surface area contributed by atoms with Gasteiger partial charge < -0.3 is 14.6 Å². The molecule has 0 amide bonds. The molecular formula is C17H25N3O. The maximum absolute atomic E-state index is 5.66. The van der Waals surface area contributed by atoms with E-state index >= 15 is 0 Å². The number of imidazole rings is 1. The summed E-state index contributed by atoms with van der Waals surface area (Å²) in [6, 6.07) is 8.37. The SMILES string of the molecule is CCCCOc1ccc(CNCCCn2ccnc2)cc1. The van der Waals surface area contributed by atoms with Crippen LogP contribution in [-0.4, -0.2) is 22.7 Å². The Balaban J connectivity index is 1.59. The highest BCUT2D eigenvalue weighted by atomic mass is 16.5. The van der Waals surface area contributed by atoms with Crippen molar-refractivity contribution in [3.8, 4) is 5.75 Å². The first-order valence-electron chi connectivity index (χ1n) is 7.76. The molecule has 0 unspecified atom stereocenters. The summed E-state index contributed by atoms with van der Waals surface area (Å²) in [4.78, 5) is 4.03. The van der Waals surface area contributed by atoms with Crippen LogP contribution in [0.1, 0.15) is 31.7 Å². The molecule has 1 heterocycles. The van der Waals surface area contributed by atoms with Crippen molar-refractivity contribution in [3.63, 3.8) is 0 Å². The minimum absolute atomic E-state index is 0.808. The number of rotatable bonds is 10. The monoisotopic (exact) mass is 287 g/mol. The number of nitrogens with one attached hydrogen (secondary N) is 1. The van der Waals surface area contributed by atoms with Crippen LogP contribution in [-0.2, 0) is 13.1 Å². The largest absolute Gasteiger partial charge is 0.494 e. The molecule has 0 aliphatic carbocycles. The highest BCUT2D eigenvalue weighted by Gasteiger charge is 1.96. The Kier molecular flexibility index (Phi) is 6.81. The summed E-state index contributed by atoms with van der Waals surface area (Å²) in [7, 11) is 0. The minimum atomic E-state index is 0.808. The van der Waals surface area contributed by atoms with E-state index in [1.165, 1.54) is 12.0 Å². The fourth-order valence-corrected chi connectivity index (χ4v) is 2.08. The first-order valence-corrected chi connectivity index (χ1v) is 7.76. The van der Waals surface area contributed by atoms with Gasteiger partial charge in [-0.05, 0) is 37.1 Å². The molecule has 0 atom stereocenters. The van der Waals surface area contributed by atoms with Gasteiger partial charge in [-0.3, -0.25) is 0 Å². The summed E-state index contributed by atoms with van der Waals surface area (Å²) < 4.78 is 7.76. The zero-order valence-corrected chi connectivity index (χ0v) is 12.8. The van der Waals surface area contributed by atoms with Crippen LogP contribution in [0, 0.1) is 0 Å². The van der Waals surface area contributed by atoms with Gasteiger partial charge in [0.2, 0.25) is 0 Å². The lowest BCUT2D eigenvalue weighted by Crippen LogP contribution is -2.16. The number of ether oxygens (including phenoxy) is 1. The quantitative estimate of drug-likeness (QED) is 0.682. The van der Waals surface area contributed by atoms with Crippen molar-refractivity contribution in [3.05, 3.63) is 48.5 Å². The Bertz CT molecular complexity index is 479. The zero-order valence-electron chi connectivity index (χ0n) is 12.8. The number of unbranched alkanes of at least 4 members (excludes halogenated alkanes) is 1. The smallest absolute Gasteiger partial charge is 0.119 e. The lowest BCUT2D eigenvalue weighted by molar-refractivity contribution is 0.309. The van der Waals surface area contributed by atoms with Gasteiger partial charge in [0.15, 0.2) is 0 Å². The van der Waals surface area contributed by atoms with Crippen LogP contribution < -0.4 is 10.1 Å². The molecule has 2 rings (SSSR count). The second-order valence-corrected chi connectivity index (χ2v) is 5.18. The third-order valence-electron chi connectivity index (χ3n) is 3.35. The van der Waals surface area contributed by atoms with E-state index in [1.807, 2.05) is 18.7 Å². The molecule has 4 nitrogen and oxygen atoms in total. The van der Waals surface area contributed by atoms with Crippen molar-refractivity contribution in [1.82, 2.24) is 14.9 Å². The molecule has 0 aliphatic heterocycles. The van der Waals surface area contributed by atoms with E-state index in [-0.39, 0.29) is 0 Å². The van der Waals surface area contributed by atoms with Crippen molar-refractivity contribution >= 4 is 0 Å². The van der Waals surface area contributed by atoms with Crippen LogP contribution in [0.25, 0.3) is 0 Å². The molecule has 0 fully saturated rings. The molecule has 0 spiro atoms. The van der Waals surface area contributed by atoms with Gasteiger partial charge in [-0.1, -0.05) is 25.5 Å². The molecule has 0 radical (unpaired) electrons. The van der Waals surface area contributed by atoms with Crippen molar-refractivity contribution in [2.45, 2.75) is 39.3 Å². The molecule has 0 saturated heterocycles. The zero-order chi connectivity index (χ0) is 14.8. The molecule has 2 aromatic rings. The Labute approximate surface area is 127 Å². The Morgan fingerprint density at radius 2 is 2.05 bits per heavy atom. The molecule has 0 aliphatic rings. The molecular weight excluding hydrogens is 262 g/mol. The topological polar surface area (TPSA) is 39.1 Å². The number of hydrogen-bond donors (Lipinski definition) is 1. The first-order chi connectivity index (χ1) is 10.4. The van der Waals surface area contributed by atoms with Crippen molar-refractivity contribution < 1.29 is 4.74 Å². The van der Waals surface area contributed by atoms with Gasteiger partial charge in [0.25, 0.3) is 0 Å². The number of nitrogens with zero attached hydrogens (tertiary/aromatic N) is 2. The van der Waals surface area contributed by atoms with Crippen LogP contribution in [0.5, 0.6) is 5.75 Å². The lowest BCUT2D eigenvalue weighted by atomic mass is 10.2. The van der Waals surface area contributed by atoms with Gasteiger partial charge >= 0.3 is 0 Å². The van der Waals surface area contributed by atoms with Gasteiger partial charge in [0.05, 0.1) is 12.9 Å². The fourth-order valence-electron chi connectivity index (χ4n) is 2.08. The summed E-state index contributed by atoms with van der Waals surface area (Å²) in [5, 5.41) is 3.46. The maximum Gasteiger partial charge on any atom is 0.119 e. The van der Waals surface area contributed by atoms with E-state index in [1.54, 1.807) is 0 Å². The molecule has 1 aromatic carbocycles. The third kappa shape index (κ3) is 6.00. The van der Waals surface area contributed by atoms with Crippen LogP contribution in [0.2, 0.25) is 0 Å². The van der Waals surface area contributed by atoms with E-state index in [9.17, 15) is 0 Å². The molecule has 1 N–H and O–H groups in total. The number of aryl methyl sites for hydroxylation is 1. The van der Waals surface area contributed by atoms with Crippen molar-refractivity contribution in [2.75, 3.05) is 13.2 Å². The highest BCUT2D eigenvalue weighted by molar-refractivity contribution is 5.27. The molecule has 114 valence electrons. The van der Waals surface area contributed by atoms with Gasteiger partial charge in [-0.2, -0.15) is 0 Å². The first kappa shape index (κ1) is 15.6. The number of hydrogen-bond acceptors (Lipinski definition) is 3. The van der Waals surface area contributed by atoms with E-state index in [4.69, 9.17) is 4.74 Å². The molecule has 1 aromatic heterocycles. The Hall–Kier alpha value is -1.81. The average Bonchev–Trinajstić information content (AvgIpc) is 3.02. The van der Waals surface area contributed by atoms with Crippen LogP contribution in [0.3, 0.4) is 0 Å². The van der Waals surface area contributed by atoms with Crippen molar-refractivity contribution in [2.24, 2.45) is 0 Å². The molecule has 0 saturated carbocycles. The highest BCUT2D eigenvalue weighted by Crippen LogP contribution is 2.12. The second kappa shape index (κ2) is 9.19. The predicted molar refractivity (Wildman–Crippen MR) is 85.4 cm³/mol. The van der Waals surface area contributed by atoms with E-state index in [0.29, 0.717) is 0 Å². The maximum atomic E-state index is 5.66. The summed E-state index contributed by atoms with van der Waals surface area (Å²) in [5.74, 6) is 0.965. The summed E-state index contributed by atoms with van der Waals surface area (Å²) in [6.07, 6.45) is 9.06. The Morgan fingerprint density at radius 3 is 2.76 bits per heavy atom. The minimum Gasteiger partial charge on any atom is -0.494 e. The molecule has 0 bridgehead atoms.